The van der Waals surface area contributed by atoms with Gasteiger partial charge in [0.25, 0.3) is 5.95 Å². The van der Waals surface area contributed by atoms with Gasteiger partial charge in [-0.3, -0.25) is 0 Å². The zero-order valence-electron chi connectivity index (χ0n) is 10.9. The van der Waals surface area contributed by atoms with Crippen molar-refractivity contribution in [3.8, 4) is 0 Å². The highest BCUT2D eigenvalue weighted by atomic mass is 35.5. The molecule has 20 heavy (non-hydrogen) atoms. The van der Waals surface area contributed by atoms with Crippen molar-refractivity contribution in [2.45, 2.75) is 13.0 Å². The van der Waals surface area contributed by atoms with Gasteiger partial charge < -0.3 is 4.90 Å². The van der Waals surface area contributed by atoms with Gasteiger partial charge >= 0.3 is 0 Å². The number of pyridine rings is 1. The molecule has 0 bridgehead atoms. The first-order valence-corrected chi connectivity index (χ1v) is 6.28. The summed E-state index contributed by atoms with van der Waals surface area (Å²) in [7, 11) is 1.54. The SMILES string of the molecule is CC(c1ccccc1Cl)N(C)c1nc(F)c(F)cc1F. The summed E-state index contributed by atoms with van der Waals surface area (Å²) in [6.07, 6.45) is 0. The Labute approximate surface area is 119 Å². The summed E-state index contributed by atoms with van der Waals surface area (Å²) < 4.78 is 39.8. The number of nitrogens with zero attached hydrogens (tertiary/aromatic N) is 2. The Morgan fingerprint density at radius 1 is 1.15 bits per heavy atom. The zero-order chi connectivity index (χ0) is 14.9. The number of hydrogen-bond acceptors (Lipinski definition) is 2. The molecule has 0 amide bonds. The van der Waals surface area contributed by atoms with Crippen LogP contribution in [0.25, 0.3) is 0 Å². The minimum absolute atomic E-state index is 0.267. The average Bonchev–Trinajstić information content (AvgIpc) is 2.42. The van der Waals surface area contributed by atoms with Crippen molar-refractivity contribution in [1.82, 2.24) is 4.98 Å². The number of rotatable bonds is 3. The lowest BCUT2D eigenvalue weighted by atomic mass is 10.1. The van der Waals surface area contributed by atoms with E-state index in [4.69, 9.17) is 11.6 Å². The van der Waals surface area contributed by atoms with Gasteiger partial charge in [0.15, 0.2) is 17.5 Å². The Kier molecular flexibility index (Phi) is 4.18. The Hall–Kier alpha value is -1.75. The van der Waals surface area contributed by atoms with Gasteiger partial charge in [-0.1, -0.05) is 29.8 Å². The van der Waals surface area contributed by atoms with Gasteiger partial charge in [-0.15, -0.1) is 0 Å². The maximum Gasteiger partial charge on any atom is 0.251 e. The van der Waals surface area contributed by atoms with E-state index < -0.39 is 17.6 Å². The summed E-state index contributed by atoms with van der Waals surface area (Å²) in [5.41, 5.74) is 0.739. The summed E-state index contributed by atoms with van der Waals surface area (Å²) >= 11 is 6.07. The van der Waals surface area contributed by atoms with Crippen molar-refractivity contribution >= 4 is 17.4 Å². The summed E-state index contributed by atoms with van der Waals surface area (Å²) in [6, 6.07) is 7.18. The van der Waals surface area contributed by atoms with Crippen LogP contribution in [0.4, 0.5) is 19.0 Å². The molecule has 0 saturated carbocycles. The standard InChI is InChI=1S/C14H12ClF3N2/c1-8(9-5-3-4-6-10(9)15)20(2)14-12(17)7-11(16)13(18)19-14/h3-8H,1-2H3. The van der Waals surface area contributed by atoms with Crippen molar-refractivity contribution in [3.05, 3.63) is 58.5 Å². The molecule has 1 aromatic carbocycles. The predicted molar refractivity (Wildman–Crippen MR) is 72.4 cm³/mol. The minimum atomic E-state index is -1.33. The summed E-state index contributed by atoms with van der Waals surface area (Å²) in [5, 5.41) is 0.509. The maximum absolute atomic E-state index is 13.7. The number of halogens is 4. The number of aromatic nitrogens is 1. The Morgan fingerprint density at radius 2 is 1.80 bits per heavy atom. The van der Waals surface area contributed by atoms with Crippen LogP contribution in [0.1, 0.15) is 18.5 Å². The number of hydrogen-bond donors (Lipinski definition) is 0. The van der Waals surface area contributed by atoms with Gasteiger partial charge in [0.05, 0.1) is 6.04 Å². The van der Waals surface area contributed by atoms with Crippen LogP contribution < -0.4 is 4.90 Å². The summed E-state index contributed by atoms with van der Waals surface area (Å²) in [6.45, 7) is 1.77. The fourth-order valence-electron chi connectivity index (χ4n) is 1.89. The molecule has 6 heteroatoms. The molecule has 1 atom stereocenters. The Morgan fingerprint density at radius 3 is 2.45 bits per heavy atom. The lowest BCUT2D eigenvalue weighted by Crippen LogP contribution is -2.24. The molecule has 0 saturated heterocycles. The third-order valence-electron chi connectivity index (χ3n) is 3.14. The van der Waals surface area contributed by atoms with Gasteiger partial charge in [0.1, 0.15) is 0 Å². The summed E-state index contributed by atoms with van der Waals surface area (Å²) in [5.74, 6) is -3.84. The highest BCUT2D eigenvalue weighted by Crippen LogP contribution is 2.30. The maximum atomic E-state index is 13.7. The normalized spacial score (nSPS) is 12.3. The lowest BCUT2D eigenvalue weighted by Gasteiger charge is -2.27. The second kappa shape index (κ2) is 5.71. The van der Waals surface area contributed by atoms with Gasteiger partial charge in [0.2, 0.25) is 0 Å². The molecule has 1 aromatic heterocycles. The average molecular weight is 301 g/mol. The molecule has 1 heterocycles. The van der Waals surface area contributed by atoms with Gasteiger partial charge in [0, 0.05) is 18.1 Å². The van der Waals surface area contributed by atoms with Crippen LogP contribution in [0.2, 0.25) is 5.02 Å². The fourth-order valence-corrected chi connectivity index (χ4v) is 2.18. The molecule has 0 aliphatic rings. The highest BCUT2D eigenvalue weighted by molar-refractivity contribution is 6.31. The van der Waals surface area contributed by atoms with Crippen molar-refractivity contribution < 1.29 is 13.2 Å². The van der Waals surface area contributed by atoms with Gasteiger partial charge in [-0.25, -0.2) is 8.78 Å². The van der Waals surface area contributed by atoms with E-state index in [9.17, 15) is 13.2 Å². The first-order chi connectivity index (χ1) is 9.41. The molecule has 0 aliphatic heterocycles. The van der Waals surface area contributed by atoms with Crippen LogP contribution in [-0.4, -0.2) is 12.0 Å². The van der Waals surface area contributed by atoms with Crippen LogP contribution >= 0.6 is 11.6 Å². The van der Waals surface area contributed by atoms with E-state index in [0.29, 0.717) is 11.1 Å². The Balaban J connectivity index is 2.39. The number of benzene rings is 1. The third kappa shape index (κ3) is 2.72. The van der Waals surface area contributed by atoms with Crippen LogP contribution in [0.3, 0.4) is 0 Å². The molecular formula is C14H12ClF3N2. The highest BCUT2D eigenvalue weighted by Gasteiger charge is 2.21. The molecule has 0 aliphatic carbocycles. The van der Waals surface area contributed by atoms with E-state index in [-0.39, 0.29) is 11.9 Å². The van der Waals surface area contributed by atoms with Crippen LogP contribution in [-0.2, 0) is 0 Å². The smallest absolute Gasteiger partial charge is 0.251 e. The van der Waals surface area contributed by atoms with E-state index in [2.05, 4.69) is 4.98 Å². The monoisotopic (exact) mass is 300 g/mol. The lowest BCUT2D eigenvalue weighted by molar-refractivity contribution is 0.462. The van der Waals surface area contributed by atoms with E-state index >= 15 is 0 Å². The first-order valence-electron chi connectivity index (χ1n) is 5.90. The predicted octanol–water partition coefficient (Wildman–Crippen LogP) is 4.35. The summed E-state index contributed by atoms with van der Waals surface area (Å²) in [4.78, 5) is 4.72. The fraction of sp³-hybridized carbons (Fsp3) is 0.214. The van der Waals surface area contributed by atoms with E-state index in [0.717, 1.165) is 5.56 Å². The Bertz CT molecular complexity index is 634. The largest absolute Gasteiger partial charge is 0.350 e. The van der Waals surface area contributed by atoms with E-state index in [1.807, 2.05) is 0 Å². The van der Waals surface area contributed by atoms with E-state index in [1.54, 1.807) is 31.2 Å². The second-order valence-electron chi connectivity index (χ2n) is 4.37. The minimum Gasteiger partial charge on any atom is -0.350 e. The first kappa shape index (κ1) is 14.7. The third-order valence-corrected chi connectivity index (χ3v) is 3.48. The molecule has 106 valence electrons. The van der Waals surface area contributed by atoms with Crippen molar-refractivity contribution in [1.29, 1.82) is 0 Å². The number of anilines is 1. The molecule has 0 fully saturated rings. The molecular weight excluding hydrogens is 289 g/mol. The van der Waals surface area contributed by atoms with Crippen molar-refractivity contribution in [2.75, 3.05) is 11.9 Å². The quantitative estimate of drug-likeness (QED) is 0.783. The molecule has 0 spiro atoms. The van der Waals surface area contributed by atoms with Crippen molar-refractivity contribution in [3.63, 3.8) is 0 Å². The molecule has 2 nitrogen and oxygen atoms in total. The molecule has 2 rings (SSSR count). The topological polar surface area (TPSA) is 16.1 Å². The van der Waals surface area contributed by atoms with Gasteiger partial charge in [-0.05, 0) is 18.6 Å². The van der Waals surface area contributed by atoms with E-state index in [1.165, 1.54) is 11.9 Å². The molecule has 0 radical (unpaired) electrons. The second-order valence-corrected chi connectivity index (χ2v) is 4.78. The molecule has 0 N–H and O–H groups in total. The molecule has 1 unspecified atom stereocenters. The zero-order valence-corrected chi connectivity index (χ0v) is 11.6. The van der Waals surface area contributed by atoms with Crippen LogP contribution in [0.5, 0.6) is 0 Å². The van der Waals surface area contributed by atoms with Gasteiger partial charge in [-0.2, -0.15) is 9.37 Å². The van der Waals surface area contributed by atoms with Crippen molar-refractivity contribution in [2.24, 2.45) is 0 Å². The van der Waals surface area contributed by atoms with Crippen LogP contribution in [0, 0.1) is 17.6 Å². The van der Waals surface area contributed by atoms with Crippen LogP contribution in [0.15, 0.2) is 30.3 Å². The molecule has 2 aromatic rings.